The molecule has 1 amide bonds. The summed E-state index contributed by atoms with van der Waals surface area (Å²) in [7, 11) is -4.92. The van der Waals surface area contributed by atoms with Crippen LogP contribution in [0.2, 0.25) is 10.0 Å². The van der Waals surface area contributed by atoms with E-state index in [0.717, 1.165) is 18.3 Å². The number of carbonyl (C=O) groups is 1. The summed E-state index contributed by atoms with van der Waals surface area (Å²) in [5.41, 5.74) is -1.18. The summed E-state index contributed by atoms with van der Waals surface area (Å²) in [5, 5.41) is 5.32. The van der Waals surface area contributed by atoms with Gasteiger partial charge < -0.3 is 5.32 Å². The van der Waals surface area contributed by atoms with Crippen LogP contribution in [0, 0.1) is 0 Å². The molecular formula is C13H9Cl2F2N3O4S. The molecule has 0 unspecified atom stereocenters. The lowest BCUT2D eigenvalue weighted by molar-refractivity contribution is -0.117. The van der Waals surface area contributed by atoms with Crippen molar-refractivity contribution in [2.45, 2.75) is 17.2 Å². The average Bonchev–Trinajstić information content (AvgIpc) is 2.55. The van der Waals surface area contributed by atoms with Gasteiger partial charge in [-0.3, -0.25) is 9.59 Å². The number of nitrogens with one attached hydrogen (secondary N) is 1. The van der Waals surface area contributed by atoms with E-state index in [1.807, 2.05) is 0 Å². The van der Waals surface area contributed by atoms with Crippen molar-refractivity contribution < 1.29 is 22.0 Å². The first-order valence-electron chi connectivity index (χ1n) is 6.46. The molecule has 0 aliphatic carbocycles. The van der Waals surface area contributed by atoms with Gasteiger partial charge >= 0.3 is 5.76 Å². The molecule has 7 nitrogen and oxygen atoms in total. The number of amides is 1. The molecule has 25 heavy (non-hydrogen) atoms. The number of sulfone groups is 1. The third-order valence-corrected chi connectivity index (χ3v) is 5.12. The van der Waals surface area contributed by atoms with Crippen molar-refractivity contribution in [3.63, 3.8) is 0 Å². The first-order chi connectivity index (χ1) is 11.6. The Morgan fingerprint density at radius 2 is 1.92 bits per heavy atom. The highest BCUT2D eigenvalue weighted by Crippen LogP contribution is 2.26. The Morgan fingerprint density at radius 3 is 2.56 bits per heavy atom. The number of hydrogen-bond acceptors (Lipinski definition) is 5. The number of alkyl halides is 2. The zero-order chi connectivity index (χ0) is 18.8. The molecule has 1 aromatic carbocycles. The lowest BCUT2D eigenvalue weighted by atomic mass is 10.3. The van der Waals surface area contributed by atoms with Crippen LogP contribution >= 0.6 is 23.2 Å². The van der Waals surface area contributed by atoms with Crippen LogP contribution in [0.4, 0.5) is 14.5 Å². The lowest BCUT2D eigenvalue weighted by Crippen LogP contribution is -2.30. The molecular weight excluding hydrogens is 403 g/mol. The second-order valence-electron chi connectivity index (χ2n) is 4.62. The van der Waals surface area contributed by atoms with Gasteiger partial charge in [0.2, 0.25) is 15.7 Å². The van der Waals surface area contributed by atoms with Crippen molar-refractivity contribution in [3.05, 3.63) is 50.9 Å². The number of para-hydroxylation sites is 1. The monoisotopic (exact) mass is 411 g/mol. The SMILES string of the molecule is O=C(Cn1ncc(Cl)c(Cl)c1=O)Nc1ccccc1S(=O)(=O)C(F)F. The van der Waals surface area contributed by atoms with Gasteiger partial charge in [-0.05, 0) is 12.1 Å². The molecule has 0 atom stereocenters. The summed E-state index contributed by atoms with van der Waals surface area (Å²) in [6.45, 7) is -0.626. The molecule has 12 heteroatoms. The molecule has 0 spiro atoms. The largest absolute Gasteiger partial charge is 0.341 e. The summed E-state index contributed by atoms with van der Waals surface area (Å²) < 4.78 is 49.4. The number of nitrogens with zero attached hydrogens (tertiary/aromatic N) is 2. The second-order valence-corrected chi connectivity index (χ2v) is 7.29. The smallest absolute Gasteiger partial charge is 0.323 e. The van der Waals surface area contributed by atoms with Crippen LogP contribution in [0.3, 0.4) is 0 Å². The first kappa shape index (κ1) is 19.3. The van der Waals surface area contributed by atoms with Crippen LogP contribution in [0.1, 0.15) is 0 Å². The lowest BCUT2D eigenvalue weighted by Gasteiger charge is -2.11. The van der Waals surface area contributed by atoms with E-state index < -0.39 is 38.5 Å². The Bertz CT molecular complexity index is 979. The predicted octanol–water partition coefficient (Wildman–Crippen LogP) is 2.19. The maximum atomic E-state index is 12.7. The number of anilines is 1. The average molecular weight is 412 g/mol. The Hall–Kier alpha value is -2.04. The summed E-state index contributed by atoms with van der Waals surface area (Å²) >= 11 is 11.3. The van der Waals surface area contributed by atoms with E-state index in [-0.39, 0.29) is 15.7 Å². The summed E-state index contributed by atoms with van der Waals surface area (Å²) in [5.74, 6) is -4.52. The van der Waals surface area contributed by atoms with Crippen molar-refractivity contribution in [2.75, 3.05) is 5.32 Å². The number of rotatable bonds is 5. The standard InChI is InChI=1S/C13H9Cl2F2N3O4S/c14-7-5-18-20(12(22)11(7)15)6-10(21)19-8-3-1-2-4-9(8)25(23,24)13(16)17/h1-5,13H,6H2,(H,19,21). The minimum absolute atomic E-state index is 0.100. The summed E-state index contributed by atoms with van der Waals surface area (Å²) in [6, 6.07) is 4.65. The third kappa shape index (κ3) is 4.14. The number of aromatic nitrogens is 2. The molecule has 0 fully saturated rings. The highest BCUT2D eigenvalue weighted by Gasteiger charge is 2.29. The van der Waals surface area contributed by atoms with Crippen LogP contribution < -0.4 is 10.9 Å². The minimum Gasteiger partial charge on any atom is -0.323 e. The Morgan fingerprint density at radius 1 is 1.28 bits per heavy atom. The van der Waals surface area contributed by atoms with Crippen molar-refractivity contribution in [3.8, 4) is 0 Å². The van der Waals surface area contributed by atoms with E-state index in [4.69, 9.17) is 23.2 Å². The van der Waals surface area contributed by atoms with Crippen LogP contribution in [0.5, 0.6) is 0 Å². The molecule has 0 aliphatic heterocycles. The van der Waals surface area contributed by atoms with Gasteiger partial charge in [-0.2, -0.15) is 13.9 Å². The maximum Gasteiger partial charge on any atom is 0.341 e. The molecule has 2 aromatic rings. The predicted molar refractivity (Wildman–Crippen MR) is 86.8 cm³/mol. The molecule has 0 radical (unpaired) electrons. The molecule has 0 saturated heterocycles. The fraction of sp³-hybridized carbons (Fsp3) is 0.154. The highest BCUT2D eigenvalue weighted by molar-refractivity contribution is 7.91. The van der Waals surface area contributed by atoms with Crippen molar-refractivity contribution in [2.24, 2.45) is 0 Å². The molecule has 1 heterocycles. The fourth-order valence-electron chi connectivity index (χ4n) is 1.80. The summed E-state index contributed by atoms with van der Waals surface area (Å²) in [4.78, 5) is 23.1. The minimum atomic E-state index is -4.92. The van der Waals surface area contributed by atoms with Gasteiger partial charge in [0.25, 0.3) is 5.56 Å². The molecule has 1 aromatic heterocycles. The summed E-state index contributed by atoms with van der Waals surface area (Å²) in [6.07, 6.45) is 1.05. The normalized spacial score (nSPS) is 11.6. The van der Waals surface area contributed by atoms with Crippen LogP contribution in [-0.2, 0) is 21.2 Å². The van der Waals surface area contributed by atoms with E-state index >= 15 is 0 Å². The molecule has 1 N–H and O–H groups in total. The van der Waals surface area contributed by atoms with E-state index in [0.29, 0.717) is 4.68 Å². The zero-order valence-electron chi connectivity index (χ0n) is 12.1. The fourth-order valence-corrected chi connectivity index (χ4v) is 2.95. The highest BCUT2D eigenvalue weighted by atomic mass is 35.5. The molecule has 134 valence electrons. The van der Waals surface area contributed by atoms with Crippen LogP contribution in [0.25, 0.3) is 0 Å². The van der Waals surface area contributed by atoms with Crippen molar-refractivity contribution in [1.29, 1.82) is 0 Å². The topological polar surface area (TPSA) is 98.1 Å². The number of carbonyl (C=O) groups excluding carboxylic acids is 1. The number of benzene rings is 1. The van der Waals surface area contributed by atoms with E-state index in [9.17, 15) is 26.8 Å². The Kier molecular flexibility index (Phi) is 5.76. The Balaban J connectivity index is 2.29. The zero-order valence-corrected chi connectivity index (χ0v) is 14.4. The Labute approximate surface area is 150 Å². The maximum absolute atomic E-state index is 12.7. The number of hydrogen-bond donors (Lipinski definition) is 1. The van der Waals surface area contributed by atoms with Gasteiger partial charge in [-0.25, -0.2) is 13.1 Å². The van der Waals surface area contributed by atoms with E-state index in [1.165, 1.54) is 12.1 Å². The molecule has 0 saturated carbocycles. The van der Waals surface area contributed by atoms with Crippen molar-refractivity contribution in [1.82, 2.24) is 9.78 Å². The van der Waals surface area contributed by atoms with Gasteiger partial charge in [-0.1, -0.05) is 35.3 Å². The molecule has 2 rings (SSSR count). The molecule has 0 bridgehead atoms. The van der Waals surface area contributed by atoms with Crippen LogP contribution in [0.15, 0.2) is 40.2 Å². The van der Waals surface area contributed by atoms with Crippen molar-refractivity contribution >= 4 is 44.6 Å². The van der Waals surface area contributed by atoms with Gasteiger partial charge in [0.15, 0.2) is 0 Å². The van der Waals surface area contributed by atoms with Gasteiger partial charge in [-0.15, -0.1) is 0 Å². The van der Waals surface area contributed by atoms with E-state index in [1.54, 1.807) is 0 Å². The third-order valence-electron chi connectivity index (χ3n) is 2.94. The second kappa shape index (κ2) is 7.46. The van der Waals surface area contributed by atoms with Gasteiger partial charge in [0, 0.05) is 0 Å². The van der Waals surface area contributed by atoms with E-state index in [2.05, 4.69) is 10.4 Å². The molecule has 0 aliphatic rings. The van der Waals surface area contributed by atoms with Gasteiger partial charge in [0.05, 0.1) is 21.8 Å². The number of halogens is 4. The van der Waals surface area contributed by atoms with Gasteiger partial charge in [0.1, 0.15) is 11.6 Å². The van der Waals surface area contributed by atoms with Crippen LogP contribution in [-0.4, -0.2) is 29.9 Å². The first-order valence-corrected chi connectivity index (χ1v) is 8.77. The quantitative estimate of drug-likeness (QED) is 0.812.